The van der Waals surface area contributed by atoms with Gasteiger partial charge in [0, 0.05) is 12.6 Å². The average Bonchev–Trinajstić information content (AvgIpc) is 2.90. The minimum atomic E-state index is 0.261. The molecule has 1 aromatic heterocycles. The van der Waals surface area contributed by atoms with E-state index >= 15 is 0 Å². The van der Waals surface area contributed by atoms with Crippen LogP contribution in [0.4, 0.5) is 0 Å². The number of fused-ring (bicyclic) bond motifs is 1. The van der Waals surface area contributed by atoms with Gasteiger partial charge in [0.2, 0.25) is 0 Å². The summed E-state index contributed by atoms with van der Waals surface area (Å²) in [4.78, 5) is 7.41. The second kappa shape index (κ2) is 7.05. The zero-order valence-corrected chi connectivity index (χ0v) is 13.7. The van der Waals surface area contributed by atoms with Crippen molar-refractivity contribution in [3.63, 3.8) is 0 Å². The predicted octanol–water partition coefficient (Wildman–Crippen LogP) is 3.35. The van der Waals surface area contributed by atoms with Crippen LogP contribution in [0.25, 0.3) is 11.0 Å². The summed E-state index contributed by atoms with van der Waals surface area (Å²) in [7, 11) is 0. The maximum atomic E-state index is 5.94. The van der Waals surface area contributed by atoms with Crippen LogP contribution in [0.1, 0.15) is 52.0 Å². The van der Waals surface area contributed by atoms with Crippen molar-refractivity contribution in [1.29, 1.82) is 0 Å². The summed E-state index contributed by atoms with van der Waals surface area (Å²) in [5, 5.41) is 0. The Balaban J connectivity index is 2.60. The number of hydrogen-bond donors (Lipinski definition) is 1. The van der Waals surface area contributed by atoms with Crippen LogP contribution < -0.4 is 5.73 Å². The van der Waals surface area contributed by atoms with Crippen molar-refractivity contribution < 1.29 is 0 Å². The molecule has 2 unspecified atom stereocenters. The van der Waals surface area contributed by atoms with E-state index in [1.54, 1.807) is 0 Å². The van der Waals surface area contributed by atoms with Gasteiger partial charge in [-0.25, -0.2) is 4.98 Å². The predicted molar refractivity (Wildman–Crippen MR) is 89.5 cm³/mol. The van der Waals surface area contributed by atoms with Crippen molar-refractivity contribution >= 4 is 11.0 Å². The van der Waals surface area contributed by atoms with Gasteiger partial charge in [0.1, 0.15) is 5.82 Å². The smallest absolute Gasteiger partial charge is 0.127 e. The lowest BCUT2D eigenvalue weighted by Crippen LogP contribution is -2.31. The van der Waals surface area contributed by atoms with Gasteiger partial charge in [-0.15, -0.1) is 0 Å². The van der Waals surface area contributed by atoms with Gasteiger partial charge in [-0.2, -0.15) is 0 Å². The first-order valence-electron chi connectivity index (χ1n) is 8.08. The third-order valence-corrected chi connectivity index (χ3v) is 4.34. The fourth-order valence-corrected chi connectivity index (χ4v) is 3.14. The number of nitrogens with zero attached hydrogens (tertiary/aromatic N) is 3. The number of aromatic nitrogens is 2. The van der Waals surface area contributed by atoms with Gasteiger partial charge >= 0.3 is 0 Å². The van der Waals surface area contributed by atoms with Crippen LogP contribution in [0, 0.1) is 0 Å². The first kappa shape index (κ1) is 16.0. The SMILES string of the molecule is CCC(c1nc2ccccc2n1C(C)CN)N(CC)CC. The Bertz CT molecular complexity index is 571. The fraction of sp³-hybridized carbons (Fsp3) is 0.588. The maximum Gasteiger partial charge on any atom is 0.127 e. The molecule has 2 atom stereocenters. The van der Waals surface area contributed by atoms with Crippen molar-refractivity contribution in [3.8, 4) is 0 Å². The molecule has 0 amide bonds. The molecule has 1 heterocycles. The molecular formula is C17H28N4. The summed E-state index contributed by atoms with van der Waals surface area (Å²) in [5.74, 6) is 1.15. The summed E-state index contributed by atoms with van der Waals surface area (Å²) in [6.07, 6.45) is 1.06. The van der Waals surface area contributed by atoms with E-state index < -0.39 is 0 Å². The van der Waals surface area contributed by atoms with Crippen molar-refractivity contribution in [2.24, 2.45) is 5.73 Å². The topological polar surface area (TPSA) is 47.1 Å². The van der Waals surface area contributed by atoms with Gasteiger partial charge in [0.05, 0.1) is 17.1 Å². The van der Waals surface area contributed by atoms with Crippen LogP contribution in [-0.2, 0) is 0 Å². The molecule has 0 saturated heterocycles. The molecule has 0 aliphatic heterocycles. The highest BCUT2D eigenvalue weighted by Crippen LogP contribution is 2.29. The molecule has 0 fully saturated rings. The highest BCUT2D eigenvalue weighted by Gasteiger charge is 2.24. The quantitative estimate of drug-likeness (QED) is 0.850. The first-order chi connectivity index (χ1) is 10.2. The molecule has 2 N–H and O–H groups in total. The Labute approximate surface area is 128 Å². The lowest BCUT2D eigenvalue weighted by atomic mass is 10.1. The van der Waals surface area contributed by atoms with Crippen LogP contribution in [0.15, 0.2) is 24.3 Å². The van der Waals surface area contributed by atoms with Gasteiger partial charge in [0.15, 0.2) is 0 Å². The van der Waals surface area contributed by atoms with Crippen molar-refractivity contribution in [2.75, 3.05) is 19.6 Å². The van der Waals surface area contributed by atoms with E-state index in [1.807, 2.05) is 0 Å². The number of rotatable bonds is 7. The van der Waals surface area contributed by atoms with Gasteiger partial charge in [0.25, 0.3) is 0 Å². The van der Waals surface area contributed by atoms with Gasteiger partial charge in [-0.05, 0) is 38.6 Å². The average molecular weight is 288 g/mol. The number of imidazole rings is 1. The van der Waals surface area contributed by atoms with E-state index in [2.05, 4.69) is 61.4 Å². The van der Waals surface area contributed by atoms with Crippen molar-refractivity contribution in [2.45, 2.75) is 46.2 Å². The normalized spacial score (nSPS) is 14.8. The summed E-state index contributed by atoms with van der Waals surface area (Å²) < 4.78 is 2.34. The van der Waals surface area contributed by atoms with Crippen molar-refractivity contribution in [3.05, 3.63) is 30.1 Å². The highest BCUT2D eigenvalue weighted by atomic mass is 15.2. The molecule has 0 aliphatic rings. The molecule has 0 spiro atoms. The second-order valence-electron chi connectivity index (χ2n) is 5.56. The lowest BCUT2D eigenvalue weighted by molar-refractivity contribution is 0.199. The van der Waals surface area contributed by atoms with Crippen LogP contribution in [0.3, 0.4) is 0 Å². The second-order valence-corrected chi connectivity index (χ2v) is 5.56. The molecule has 0 bridgehead atoms. The molecule has 2 aromatic rings. The summed E-state index contributed by atoms with van der Waals surface area (Å²) >= 11 is 0. The monoisotopic (exact) mass is 288 g/mol. The Hall–Kier alpha value is -1.39. The third kappa shape index (κ3) is 2.97. The van der Waals surface area contributed by atoms with Crippen LogP contribution >= 0.6 is 0 Å². The molecule has 4 nitrogen and oxygen atoms in total. The molecule has 1 aromatic carbocycles. The minimum absolute atomic E-state index is 0.261. The standard InChI is InChI=1S/C17H28N4/c1-5-15(20(6-2)7-3)17-19-14-10-8-9-11-16(14)21(17)13(4)12-18/h8-11,13,15H,5-7,12,18H2,1-4H3. The Morgan fingerprint density at radius 2 is 1.86 bits per heavy atom. The summed E-state index contributed by atoms with van der Waals surface area (Å²) in [6, 6.07) is 8.97. The van der Waals surface area contributed by atoms with Crippen LogP contribution in [0.5, 0.6) is 0 Å². The van der Waals surface area contributed by atoms with E-state index in [0.29, 0.717) is 12.6 Å². The number of hydrogen-bond acceptors (Lipinski definition) is 3. The Kier molecular flexibility index (Phi) is 5.37. The molecule has 0 saturated carbocycles. The zero-order chi connectivity index (χ0) is 15.4. The zero-order valence-electron chi connectivity index (χ0n) is 13.7. The fourth-order valence-electron chi connectivity index (χ4n) is 3.14. The molecule has 0 radical (unpaired) electrons. The molecular weight excluding hydrogens is 260 g/mol. The van der Waals surface area contributed by atoms with E-state index in [0.717, 1.165) is 30.9 Å². The van der Waals surface area contributed by atoms with E-state index in [9.17, 15) is 0 Å². The molecule has 21 heavy (non-hydrogen) atoms. The molecule has 2 rings (SSSR count). The Morgan fingerprint density at radius 3 is 2.43 bits per heavy atom. The van der Waals surface area contributed by atoms with E-state index in [-0.39, 0.29) is 6.04 Å². The molecule has 0 aliphatic carbocycles. The van der Waals surface area contributed by atoms with E-state index in [4.69, 9.17) is 10.7 Å². The number of para-hydroxylation sites is 2. The maximum absolute atomic E-state index is 5.94. The summed E-state index contributed by atoms with van der Waals surface area (Å²) in [5.41, 5.74) is 8.20. The van der Waals surface area contributed by atoms with E-state index in [1.165, 1.54) is 5.52 Å². The highest BCUT2D eigenvalue weighted by molar-refractivity contribution is 5.76. The van der Waals surface area contributed by atoms with Gasteiger partial charge in [-0.1, -0.05) is 32.9 Å². The lowest BCUT2D eigenvalue weighted by Gasteiger charge is -2.30. The Morgan fingerprint density at radius 1 is 1.19 bits per heavy atom. The minimum Gasteiger partial charge on any atom is -0.328 e. The third-order valence-electron chi connectivity index (χ3n) is 4.34. The molecule has 116 valence electrons. The largest absolute Gasteiger partial charge is 0.328 e. The number of benzene rings is 1. The number of nitrogens with two attached hydrogens (primary N) is 1. The first-order valence-corrected chi connectivity index (χ1v) is 8.08. The van der Waals surface area contributed by atoms with Gasteiger partial charge in [-0.3, -0.25) is 4.90 Å². The summed E-state index contributed by atoms with van der Waals surface area (Å²) in [6.45, 7) is 11.5. The van der Waals surface area contributed by atoms with Crippen LogP contribution in [-0.4, -0.2) is 34.1 Å². The molecule has 4 heteroatoms. The van der Waals surface area contributed by atoms with Gasteiger partial charge < -0.3 is 10.3 Å². The van der Waals surface area contributed by atoms with Crippen LogP contribution in [0.2, 0.25) is 0 Å². The van der Waals surface area contributed by atoms with Crippen molar-refractivity contribution in [1.82, 2.24) is 14.5 Å².